The summed E-state index contributed by atoms with van der Waals surface area (Å²) in [5.41, 5.74) is 7.53. The summed E-state index contributed by atoms with van der Waals surface area (Å²) in [4.78, 5) is 22.9. The number of primary amides is 1. The van der Waals surface area contributed by atoms with Crippen LogP contribution in [0.25, 0.3) is 0 Å². The second-order valence-corrected chi connectivity index (χ2v) is 5.66. The Labute approximate surface area is 141 Å². The fourth-order valence-corrected chi connectivity index (χ4v) is 2.19. The van der Waals surface area contributed by atoms with Gasteiger partial charge in [-0.1, -0.05) is 26.0 Å². The van der Waals surface area contributed by atoms with E-state index in [1.807, 2.05) is 24.3 Å². The SMILES string of the molecule is CC[C@@H](C)c1ccc(NC(=O)c2ccc(OCC(N)=O)cc2)cc1. The molecule has 0 unspecified atom stereocenters. The molecule has 0 aliphatic heterocycles. The summed E-state index contributed by atoms with van der Waals surface area (Å²) in [5.74, 6) is 0.247. The number of carbonyl (C=O) groups excluding carboxylic acids is 2. The molecule has 2 aromatic carbocycles. The average molecular weight is 326 g/mol. The maximum absolute atomic E-state index is 12.2. The van der Waals surface area contributed by atoms with Crippen LogP contribution < -0.4 is 15.8 Å². The highest BCUT2D eigenvalue weighted by molar-refractivity contribution is 6.04. The highest BCUT2D eigenvalue weighted by atomic mass is 16.5. The van der Waals surface area contributed by atoms with Crippen molar-refractivity contribution in [2.45, 2.75) is 26.2 Å². The molecule has 0 heterocycles. The summed E-state index contributed by atoms with van der Waals surface area (Å²) in [6, 6.07) is 14.4. The molecule has 2 amide bonds. The van der Waals surface area contributed by atoms with Crippen molar-refractivity contribution in [3.63, 3.8) is 0 Å². The van der Waals surface area contributed by atoms with Crippen molar-refractivity contribution >= 4 is 17.5 Å². The van der Waals surface area contributed by atoms with Crippen LogP contribution in [0.5, 0.6) is 5.75 Å². The van der Waals surface area contributed by atoms with Gasteiger partial charge in [0.1, 0.15) is 5.75 Å². The van der Waals surface area contributed by atoms with Gasteiger partial charge in [0, 0.05) is 11.3 Å². The molecule has 0 saturated heterocycles. The molecule has 126 valence electrons. The quantitative estimate of drug-likeness (QED) is 0.819. The minimum atomic E-state index is -0.544. The zero-order valence-electron chi connectivity index (χ0n) is 13.9. The Kier molecular flexibility index (Phi) is 5.95. The molecule has 3 N–H and O–H groups in total. The first-order valence-electron chi connectivity index (χ1n) is 7.92. The first kappa shape index (κ1) is 17.5. The number of carbonyl (C=O) groups is 2. The molecule has 0 bridgehead atoms. The maximum atomic E-state index is 12.2. The van der Waals surface area contributed by atoms with E-state index in [2.05, 4.69) is 19.2 Å². The van der Waals surface area contributed by atoms with Crippen LogP contribution in [0.3, 0.4) is 0 Å². The zero-order valence-corrected chi connectivity index (χ0v) is 13.9. The van der Waals surface area contributed by atoms with E-state index in [9.17, 15) is 9.59 Å². The molecule has 2 aromatic rings. The number of benzene rings is 2. The largest absolute Gasteiger partial charge is 0.484 e. The van der Waals surface area contributed by atoms with E-state index >= 15 is 0 Å². The van der Waals surface area contributed by atoms with Gasteiger partial charge in [-0.15, -0.1) is 0 Å². The Morgan fingerprint density at radius 2 is 1.71 bits per heavy atom. The summed E-state index contributed by atoms with van der Waals surface area (Å²) >= 11 is 0. The van der Waals surface area contributed by atoms with Crippen LogP contribution in [-0.2, 0) is 4.79 Å². The minimum absolute atomic E-state index is 0.186. The Morgan fingerprint density at radius 3 is 2.25 bits per heavy atom. The first-order valence-corrected chi connectivity index (χ1v) is 7.92. The summed E-state index contributed by atoms with van der Waals surface area (Å²) in [6.45, 7) is 4.14. The van der Waals surface area contributed by atoms with Crippen LogP contribution in [0.4, 0.5) is 5.69 Å². The van der Waals surface area contributed by atoms with Gasteiger partial charge in [0.15, 0.2) is 6.61 Å². The molecule has 0 radical (unpaired) electrons. The van der Waals surface area contributed by atoms with E-state index < -0.39 is 5.91 Å². The number of hydrogen-bond acceptors (Lipinski definition) is 3. The van der Waals surface area contributed by atoms with E-state index in [0.29, 0.717) is 17.2 Å². The van der Waals surface area contributed by atoms with Crippen LogP contribution in [-0.4, -0.2) is 18.4 Å². The van der Waals surface area contributed by atoms with Gasteiger partial charge in [0.25, 0.3) is 11.8 Å². The maximum Gasteiger partial charge on any atom is 0.255 e. The van der Waals surface area contributed by atoms with Crippen LogP contribution in [0.2, 0.25) is 0 Å². The molecule has 0 aliphatic rings. The van der Waals surface area contributed by atoms with Gasteiger partial charge in [-0.05, 0) is 54.3 Å². The fraction of sp³-hybridized carbons (Fsp3) is 0.263. The van der Waals surface area contributed by atoms with Crippen molar-refractivity contribution in [3.8, 4) is 5.75 Å². The summed E-state index contributed by atoms with van der Waals surface area (Å²) in [6.07, 6.45) is 1.08. The van der Waals surface area contributed by atoms with Gasteiger partial charge in [-0.2, -0.15) is 0 Å². The molecule has 5 heteroatoms. The topological polar surface area (TPSA) is 81.4 Å². The van der Waals surface area contributed by atoms with E-state index in [1.54, 1.807) is 24.3 Å². The van der Waals surface area contributed by atoms with Crippen molar-refractivity contribution in [1.82, 2.24) is 0 Å². The molecule has 0 saturated carbocycles. The molecule has 0 spiro atoms. The first-order chi connectivity index (χ1) is 11.5. The molecule has 24 heavy (non-hydrogen) atoms. The van der Waals surface area contributed by atoms with Crippen LogP contribution >= 0.6 is 0 Å². The Balaban J connectivity index is 1.97. The summed E-state index contributed by atoms with van der Waals surface area (Å²) < 4.78 is 5.16. The van der Waals surface area contributed by atoms with Gasteiger partial charge in [-0.3, -0.25) is 9.59 Å². The van der Waals surface area contributed by atoms with E-state index in [1.165, 1.54) is 5.56 Å². The smallest absolute Gasteiger partial charge is 0.255 e. The van der Waals surface area contributed by atoms with Crippen LogP contribution in [0.15, 0.2) is 48.5 Å². The Hall–Kier alpha value is -2.82. The number of anilines is 1. The molecule has 1 atom stereocenters. The number of hydrogen-bond donors (Lipinski definition) is 2. The molecule has 0 aliphatic carbocycles. The highest BCUT2D eigenvalue weighted by Gasteiger charge is 2.08. The van der Waals surface area contributed by atoms with Gasteiger partial charge < -0.3 is 15.8 Å². The number of nitrogens with two attached hydrogens (primary N) is 1. The fourth-order valence-electron chi connectivity index (χ4n) is 2.19. The van der Waals surface area contributed by atoms with Gasteiger partial charge in [-0.25, -0.2) is 0 Å². The zero-order chi connectivity index (χ0) is 17.5. The molecular formula is C19H22N2O3. The molecule has 5 nitrogen and oxygen atoms in total. The van der Waals surface area contributed by atoms with Crippen LogP contribution in [0, 0.1) is 0 Å². The van der Waals surface area contributed by atoms with E-state index in [4.69, 9.17) is 10.5 Å². The normalized spacial score (nSPS) is 11.6. The van der Waals surface area contributed by atoms with Crippen LogP contribution in [0.1, 0.15) is 42.1 Å². The lowest BCUT2D eigenvalue weighted by Crippen LogP contribution is -2.20. The van der Waals surface area contributed by atoms with Gasteiger partial charge in [0.05, 0.1) is 0 Å². The summed E-state index contributed by atoms with van der Waals surface area (Å²) in [5, 5.41) is 2.86. The third kappa shape index (κ3) is 4.84. The molecular weight excluding hydrogens is 304 g/mol. The lowest BCUT2D eigenvalue weighted by molar-refractivity contribution is -0.119. The number of nitrogens with one attached hydrogen (secondary N) is 1. The van der Waals surface area contributed by atoms with Crippen molar-refractivity contribution in [2.24, 2.45) is 5.73 Å². The third-order valence-electron chi connectivity index (χ3n) is 3.85. The van der Waals surface area contributed by atoms with E-state index in [-0.39, 0.29) is 12.5 Å². The lowest BCUT2D eigenvalue weighted by Gasteiger charge is -2.11. The predicted molar refractivity (Wildman–Crippen MR) is 94.2 cm³/mol. The van der Waals surface area contributed by atoms with Crippen molar-refractivity contribution in [1.29, 1.82) is 0 Å². The predicted octanol–water partition coefficient (Wildman–Crippen LogP) is 3.32. The highest BCUT2D eigenvalue weighted by Crippen LogP contribution is 2.21. The number of amides is 2. The third-order valence-corrected chi connectivity index (χ3v) is 3.85. The Morgan fingerprint density at radius 1 is 1.08 bits per heavy atom. The monoisotopic (exact) mass is 326 g/mol. The molecule has 0 fully saturated rings. The second-order valence-electron chi connectivity index (χ2n) is 5.66. The Bertz CT molecular complexity index is 694. The van der Waals surface area contributed by atoms with Crippen molar-refractivity contribution in [2.75, 3.05) is 11.9 Å². The number of rotatable bonds is 7. The molecule has 2 rings (SSSR count). The van der Waals surface area contributed by atoms with Crippen molar-refractivity contribution in [3.05, 3.63) is 59.7 Å². The second kappa shape index (κ2) is 8.15. The van der Waals surface area contributed by atoms with E-state index in [0.717, 1.165) is 12.1 Å². The lowest BCUT2D eigenvalue weighted by atomic mass is 9.98. The van der Waals surface area contributed by atoms with Gasteiger partial charge in [0.2, 0.25) is 0 Å². The van der Waals surface area contributed by atoms with Gasteiger partial charge >= 0.3 is 0 Å². The standard InChI is InChI=1S/C19H22N2O3/c1-3-13(2)14-4-8-16(9-5-14)21-19(23)15-6-10-17(11-7-15)24-12-18(20)22/h4-11,13H,3,12H2,1-2H3,(H2,20,22)(H,21,23)/t13-/m1/s1. The average Bonchev–Trinajstić information content (AvgIpc) is 2.60. The summed E-state index contributed by atoms with van der Waals surface area (Å²) in [7, 11) is 0. The van der Waals surface area contributed by atoms with Crippen molar-refractivity contribution < 1.29 is 14.3 Å². The minimum Gasteiger partial charge on any atom is -0.484 e. The molecule has 0 aromatic heterocycles. The number of ether oxygens (including phenoxy) is 1.